The Kier molecular flexibility index (Phi) is 9.59. The number of fused-ring (bicyclic) bond motifs is 2. The number of aryl methyl sites for hydroxylation is 4. The van der Waals surface area contributed by atoms with Gasteiger partial charge in [-0.05, 0) is 85.7 Å². The SMILES string of the molecule is CCOC(=O)C(Cc1ccc(OCCN(C)C2c3ccc(CC)cc3CCc3ccc(C)cc32)cc1)OC. The van der Waals surface area contributed by atoms with E-state index in [1.165, 1.54) is 40.5 Å². The molecule has 0 heterocycles. The first-order valence-electron chi connectivity index (χ1n) is 13.8. The summed E-state index contributed by atoms with van der Waals surface area (Å²) in [7, 11) is 3.73. The fourth-order valence-corrected chi connectivity index (χ4v) is 5.34. The first-order valence-corrected chi connectivity index (χ1v) is 13.8. The van der Waals surface area contributed by atoms with Crippen molar-refractivity contribution in [3.8, 4) is 5.75 Å². The third-order valence-corrected chi connectivity index (χ3v) is 7.50. The molecule has 0 bridgehead atoms. The average Bonchev–Trinajstić information content (AvgIpc) is 3.08. The molecule has 38 heavy (non-hydrogen) atoms. The molecule has 2 atom stereocenters. The predicted octanol–water partition coefficient (Wildman–Crippen LogP) is 5.88. The second-order valence-corrected chi connectivity index (χ2v) is 10.1. The highest BCUT2D eigenvalue weighted by Gasteiger charge is 2.27. The van der Waals surface area contributed by atoms with Gasteiger partial charge in [-0.15, -0.1) is 0 Å². The van der Waals surface area contributed by atoms with Gasteiger partial charge in [0.15, 0.2) is 6.10 Å². The van der Waals surface area contributed by atoms with Crippen LogP contribution in [-0.4, -0.2) is 50.9 Å². The lowest BCUT2D eigenvalue weighted by atomic mass is 9.91. The molecule has 1 aliphatic carbocycles. The van der Waals surface area contributed by atoms with E-state index in [2.05, 4.69) is 62.2 Å². The summed E-state index contributed by atoms with van der Waals surface area (Å²) in [5.41, 5.74) is 9.42. The minimum absolute atomic E-state index is 0.202. The van der Waals surface area contributed by atoms with Gasteiger partial charge in [0.05, 0.1) is 12.6 Å². The van der Waals surface area contributed by atoms with Crippen LogP contribution < -0.4 is 4.74 Å². The summed E-state index contributed by atoms with van der Waals surface area (Å²) < 4.78 is 16.6. The molecule has 0 radical (unpaired) electrons. The predicted molar refractivity (Wildman–Crippen MR) is 152 cm³/mol. The van der Waals surface area contributed by atoms with Crippen LogP contribution in [0, 0.1) is 6.92 Å². The van der Waals surface area contributed by atoms with E-state index in [1.54, 1.807) is 6.92 Å². The zero-order valence-corrected chi connectivity index (χ0v) is 23.5. The van der Waals surface area contributed by atoms with Crippen molar-refractivity contribution in [2.45, 2.75) is 58.6 Å². The van der Waals surface area contributed by atoms with Crippen molar-refractivity contribution in [3.63, 3.8) is 0 Å². The maximum Gasteiger partial charge on any atom is 0.335 e. The highest BCUT2D eigenvalue weighted by atomic mass is 16.6. The number of likely N-dealkylation sites (N-methyl/N-ethyl adjacent to an activating group) is 1. The number of carbonyl (C=O) groups excluding carboxylic acids is 1. The van der Waals surface area contributed by atoms with Crippen molar-refractivity contribution >= 4 is 5.97 Å². The molecule has 0 aliphatic heterocycles. The van der Waals surface area contributed by atoms with Crippen LogP contribution in [0.4, 0.5) is 0 Å². The molecule has 0 saturated heterocycles. The summed E-state index contributed by atoms with van der Waals surface area (Å²) in [5, 5.41) is 0. The smallest absolute Gasteiger partial charge is 0.335 e. The van der Waals surface area contributed by atoms with E-state index in [4.69, 9.17) is 14.2 Å². The first-order chi connectivity index (χ1) is 18.4. The summed E-state index contributed by atoms with van der Waals surface area (Å²) in [4.78, 5) is 14.5. The van der Waals surface area contributed by atoms with Crippen LogP contribution in [0.25, 0.3) is 0 Å². The maximum atomic E-state index is 12.0. The highest BCUT2D eigenvalue weighted by Crippen LogP contribution is 2.37. The number of rotatable bonds is 11. The number of methoxy groups -OCH3 is 1. The van der Waals surface area contributed by atoms with Crippen LogP contribution in [0.5, 0.6) is 5.75 Å². The second kappa shape index (κ2) is 13.1. The van der Waals surface area contributed by atoms with Gasteiger partial charge >= 0.3 is 5.97 Å². The van der Waals surface area contributed by atoms with Gasteiger partial charge < -0.3 is 14.2 Å². The van der Waals surface area contributed by atoms with Gasteiger partial charge in [0.2, 0.25) is 0 Å². The molecule has 0 N–H and O–H groups in total. The van der Waals surface area contributed by atoms with Gasteiger partial charge in [0.1, 0.15) is 12.4 Å². The number of benzene rings is 3. The van der Waals surface area contributed by atoms with Crippen LogP contribution in [0.1, 0.15) is 58.8 Å². The van der Waals surface area contributed by atoms with Gasteiger partial charge in [0, 0.05) is 20.1 Å². The molecule has 0 spiro atoms. The van der Waals surface area contributed by atoms with Crippen molar-refractivity contribution in [1.82, 2.24) is 4.90 Å². The molecule has 0 amide bonds. The first kappa shape index (κ1) is 27.9. The van der Waals surface area contributed by atoms with Crippen LogP contribution in [0.3, 0.4) is 0 Å². The number of ether oxygens (including phenoxy) is 3. The Morgan fingerprint density at radius 3 is 2.39 bits per heavy atom. The molecule has 1 aliphatic rings. The van der Waals surface area contributed by atoms with Crippen LogP contribution >= 0.6 is 0 Å². The van der Waals surface area contributed by atoms with Crippen molar-refractivity contribution in [2.75, 3.05) is 33.9 Å². The molecule has 202 valence electrons. The molecule has 0 aromatic heterocycles. The van der Waals surface area contributed by atoms with Gasteiger partial charge in [-0.2, -0.15) is 0 Å². The molecular formula is C33H41NO4. The zero-order valence-electron chi connectivity index (χ0n) is 23.5. The number of carbonyl (C=O) groups is 1. The summed E-state index contributed by atoms with van der Waals surface area (Å²) >= 11 is 0. The minimum Gasteiger partial charge on any atom is -0.492 e. The van der Waals surface area contributed by atoms with Crippen molar-refractivity contribution in [2.24, 2.45) is 0 Å². The van der Waals surface area contributed by atoms with Crippen molar-refractivity contribution in [3.05, 3.63) is 99.6 Å². The summed E-state index contributed by atoms with van der Waals surface area (Å²) in [6.07, 6.45) is 3.08. The fourth-order valence-electron chi connectivity index (χ4n) is 5.34. The molecular weight excluding hydrogens is 474 g/mol. The number of nitrogens with zero attached hydrogens (tertiary/aromatic N) is 1. The Morgan fingerprint density at radius 1 is 0.947 bits per heavy atom. The van der Waals surface area contributed by atoms with E-state index in [-0.39, 0.29) is 12.0 Å². The minimum atomic E-state index is -0.599. The maximum absolute atomic E-state index is 12.0. The van der Waals surface area contributed by atoms with Crippen LogP contribution in [0.15, 0.2) is 60.7 Å². The lowest BCUT2D eigenvalue weighted by molar-refractivity contribution is -0.154. The monoisotopic (exact) mass is 515 g/mol. The third-order valence-electron chi connectivity index (χ3n) is 7.50. The van der Waals surface area contributed by atoms with Crippen LogP contribution in [-0.2, 0) is 40.0 Å². The summed E-state index contributed by atoms with van der Waals surface area (Å²) in [6.45, 7) is 7.92. The Morgan fingerprint density at radius 2 is 1.68 bits per heavy atom. The molecule has 4 rings (SSSR count). The van der Waals surface area contributed by atoms with E-state index < -0.39 is 6.10 Å². The van der Waals surface area contributed by atoms with Crippen molar-refractivity contribution in [1.29, 1.82) is 0 Å². The molecule has 3 aromatic carbocycles. The third kappa shape index (κ3) is 6.64. The molecule has 5 nitrogen and oxygen atoms in total. The average molecular weight is 516 g/mol. The highest BCUT2D eigenvalue weighted by molar-refractivity contribution is 5.75. The van der Waals surface area contributed by atoms with E-state index in [1.807, 2.05) is 24.3 Å². The van der Waals surface area contributed by atoms with E-state index in [0.717, 1.165) is 37.1 Å². The van der Waals surface area contributed by atoms with Gasteiger partial charge in [-0.25, -0.2) is 4.79 Å². The fraction of sp³-hybridized carbons (Fsp3) is 0.424. The lowest BCUT2D eigenvalue weighted by Gasteiger charge is -2.31. The Bertz CT molecular complexity index is 1220. The van der Waals surface area contributed by atoms with Gasteiger partial charge in [0.25, 0.3) is 0 Å². The number of hydrogen-bond donors (Lipinski definition) is 0. The molecule has 0 saturated carbocycles. The number of esters is 1. The molecule has 5 heteroatoms. The topological polar surface area (TPSA) is 48.0 Å². The lowest BCUT2D eigenvalue weighted by Crippen LogP contribution is -2.30. The largest absolute Gasteiger partial charge is 0.492 e. The van der Waals surface area contributed by atoms with E-state index in [9.17, 15) is 4.79 Å². The zero-order chi connectivity index (χ0) is 27.1. The molecule has 2 unspecified atom stereocenters. The van der Waals surface area contributed by atoms with E-state index >= 15 is 0 Å². The standard InChI is InChI=1S/C33H41NO4/c1-6-24-11-17-29-27(21-24)14-13-26-12-8-23(3)20-30(26)32(29)34(4)18-19-38-28-15-9-25(10-16-28)22-31(36-5)33(35)37-7-2/h8-12,15-17,20-21,31-32H,6-7,13-14,18-19,22H2,1-5H3. The molecule has 3 aromatic rings. The summed E-state index contributed by atoms with van der Waals surface area (Å²) in [5.74, 6) is 0.485. The Hall–Kier alpha value is -3.15. The number of hydrogen-bond acceptors (Lipinski definition) is 5. The van der Waals surface area contributed by atoms with Crippen molar-refractivity contribution < 1.29 is 19.0 Å². The summed E-state index contributed by atoms with van der Waals surface area (Å²) in [6, 6.07) is 22.0. The quantitative estimate of drug-likeness (QED) is 0.299. The van der Waals surface area contributed by atoms with Crippen LogP contribution in [0.2, 0.25) is 0 Å². The molecule has 0 fully saturated rings. The van der Waals surface area contributed by atoms with E-state index in [0.29, 0.717) is 19.6 Å². The Labute approximate surface area is 227 Å². The second-order valence-electron chi connectivity index (χ2n) is 10.1. The normalized spacial score (nSPS) is 15.4. The van der Waals surface area contributed by atoms with Gasteiger partial charge in [-0.1, -0.05) is 61.0 Å². The Balaban J connectivity index is 1.44. The van der Waals surface area contributed by atoms with Gasteiger partial charge in [-0.3, -0.25) is 4.90 Å².